The van der Waals surface area contributed by atoms with Crippen LogP contribution < -0.4 is 0 Å². The molecule has 0 spiro atoms. The van der Waals surface area contributed by atoms with Crippen LogP contribution in [0.3, 0.4) is 0 Å². The van der Waals surface area contributed by atoms with E-state index in [-0.39, 0.29) is 0 Å². The molecular formula is C20H14N4. The average Bonchev–Trinajstić information content (AvgIpc) is 2.69. The summed E-state index contributed by atoms with van der Waals surface area (Å²) in [5.41, 5.74) is 6.05. The van der Waals surface area contributed by atoms with Crippen molar-refractivity contribution in [1.29, 1.82) is 0 Å². The van der Waals surface area contributed by atoms with E-state index in [0.29, 0.717) is 0 Å². The molecule has 4 rings (SSSR count). The Balaban J connectivity index is 1.92. The zero-order valence-corrected chi connectivity index (χ0v) is 12.9. The molecule has 0 aliphatic rings. The fourth-order valence-corrected chi connectivity index (χ4v) is 2.64. The molecular weight excluding hydrogens is 296 g/mol. The van der Waals surface area contributed by atoms with Gasteiger partial charge in [-0.15, -0.1) is 0 Å². The molecule has 0 saturated carbocycles. The van der Waals surface area contributed by atoms with E-state index in [1.54, 1.807) is 18.6 Å². The Kier molecular flexibility index (Phi) is 3.78. The molecule has 0 atom stereocenters. The lowest BCUT2D eigenvalue weighted by atomic mass is 9.96. The van der Waals surface area contributed by atoms with Gasteiger partial charge in [0.05, 0.1) is 5.69 Å². The topological polar surface area (TPSA) is 51.6 Å². The molecule has 0 saturated heterocycles. The smallest absolute Gasteiger partial charge is 0.0724 e. The number of hydrogen-bond donors (Lipinski definition) is 0. The summed E-state index contributed by atoms with van der Waals surface area (Å²) in [6.45, 7) is 0. The minimum absolute atomic E-state index is 0.884. The van der Waals surface area contributed by atoms with E-state index in [2.05, 4.69) is 32.1 Å². The van der Waals surface area contributed by atoms with Gasteiger partial charge >= 0.3 is 0 Å². The minimum atomic E-state index is 0.884. The Morgan fingerprint density at radius 2 is 1.08 bits per heavy atom. The van der Waals surface area contributed by atoms with Crippen LogP contribution in [0, 0.1) is 0 Å². The second-order valence-electron chi connectivity index (χ2n) is 5.34. The fourth-order valence-electron chi connectivity index (χ4n) is 2.64. The van der Waals surface area contributed by atoms with Gasteiger partial charge in [-0.2, -0.15) is 0 Å². The van der Waals surface area contributed by atoms with Gasteiger partial charge in [0.1, 0.15) is 0 Å². The molecule has 24 heavy (non-hydrogen) atoms. The first kappa shape index (κ1) is 14.2. The first-order valence-corrected chi connectivity index (χ1v) is 7.63. The van der Waals surface area contributed by atoms with Crippen LogP contribution >= 0.6 is 0 Å². The maximum absolute atomic E-state index is 4.62. The predicted molar refractivity (Wildman–Crippen MR) is 93.9 cm³/mol. The SMILES string of the molecule is c1cncc(-c2cc(-c3cccnc3)c(-c3cccnc3)cn2)c1. The lowest BCUT2D eigenvalue weighted by Crippen LogP contribution is -1.92. The van der Waals surface area contributed by atoms with Gasteiger partial charge in [0.2, 0.25) is 0 Å². The number of nitrogens with zero attached hydrogens (tertiary/aromatic N) is 4. The van der Waals surface area contributed by atoms with Crippen molar-refractivity contribution >= 4 is 0 Å². The minimum Gasteiger partial charge on any atom is -0.264 e. The van der Waals surface area contributed by atoms with Gasteiger partial charge in [0.15, 0.2) is 0 Å². The Morgan fingerprint density at radius 1 is 0.542 bits per heavy atom. The summed E-state index contributed by atoms with van der Waals surface area (Å²) in [6, 6.07) is 13.9. The van der Waals surface area contributed by atoms with E-state index in [4.69, 9.17) is 0 Å². The van der Waals surface area contributed by atoms with E-state index in [9.17, 15) is 0 Å². The van der Waals surface area contributed by atoms with Crippen molar-refractivity contribution in [2.24, 2.45) is 0 Å². The molecule has 4 heteroatoms. The summed E-state index contributed by atoms with van der Waals surface area (Å²) in [4.78, 5) is 17.3. The van der Waals surface area contributed by atoms with Gasteiger partial charge in [-0.1, -0.05) is 12.1 Å². The van der Waals surface area contributed by atoms with Gasteiger partial charge in [0, 0.05) is 65.6 Å². The molecule has 4 aromatic heterocycles. The Labute approximate surface area is 139 Å². The Hall–Kier alpha value is -3.40. The molecule has 0 aromatic carbocycles. The summed E-state index contributed by atoms with van der Waals surface area (Å²) < 4.78 is 0. The van der Waals surface area contributed by atoms with E-state index < -0.39 is 0 Å². The molecule has 4 aromatic rings. The lowest BCUT2D eigenvalue weighted by Gasteiger charge is -2.11. The highest BCUT2D eigenvalue weighted by Crippen LogP contribution is 2.33. The Morgan fingerprint density at radius 3 is 1.62 bits per heavy atom. The average molecular weight is 310 g/mol. The van der Waals surface area contributed by atoms with Gasteiger partial charge in [-0.3, -0.25) is 19.9 Å². The molecule has 0 N–H and O–H groups in total. The fraction of sp³-hybridized carbons (Fsp3) is 0. The highest BCUT2D eigenvalue weighted by Gasteiger charge is 2.11. The van der Waals surface area contributed by atoms with Crippen LogP contribution in [0.15, 0.2) is 85.8 Å². The van der Waals surface area contributed by atoms with E-state index >= 15 is 0 Å². The maximum atomic E-state index is 4.62. The molecule has 0 fully saturated rings. The van der Waals surface area contributed by atoms with Gasteiger partial charge in [0.25, 0.3) is 0 Å². The monoisotopic (exact) mass is 310 g/mol. The van der Waals surface area contributed by atoms with Crippen LogP contribution in [-0.2, 0) is 0 Å². The van der Waals surface area contributed by atoms with Crippen LogP contribution in [0.4, 0.5) is 0 Å². The zero-order valence-electron chi connectivity index (χ0n) is 12.9. The largest absolute Gasteiger partial charge is 0.264 e. The lowest BCUT2D eigenvalue weighted by molar-refractivity contribution is 1.27. The first-order valence-electron chi connectivity index (χ1n) is 7.63. The van der Waals surface area contributed by atoms with Crippen LogP contribution in [-0.4, -0.2) is 19.9 Å². The standard InChI is InChI=1S/C20H14N4/c1-4-15(11-21-7-1)18-10-20(17-6-3-9-23-13-17)24-14-19(18)16-5-2-8-22-12-16/h1-14H. The van der Waals surface area contributed by atoms with E-state index in [1.807, 2.05) is 55.1 Å². The third kappa shape index (κ3) is 2.77. The molecule has 0 bridgehead atoms. The summed E-state index contributed by atoms with van der Waals surface area (Å²) in [5.74, 6) is 0. The molecule has 0 aliphatic carbocycles. The quantitative estimate of drug-likeness (QED) is 0.567. The van der Waals surface area contributed by atoms with Crippen LogP contribution in [0.5, 0.6) is 0 Å². The van der Waals surface area contributed by atoms with Crippen molar-refractivity contribution in [2.75, 3.05) is 0 Å². The molecule has 4 nitrogen and oxygen atoms in total. The molecule has 4 heterocycles. The molecule has 0 amide bonds. The summed E-state index contributed by atoms with van der Waals surface area (Å²) >= 11 is 0. The van der Waals surface area contributed by atoms with Gasteiger partial charge in [-0.05, 0) is 35.9 Å². The normalized spacial score (nSPS) is 10.5. The summed E-state index contributed by atoms with van der Waals surface area (Å²) in [5, 5.41) is 0. The molecule has 114 valence electrons. The van der Waals surface area contributed by atoms with Crippen molar-refractivity contribution in [1.82, 2.24) is 19.9 Å². The van der Waals surface area contributed by atoms with Crippen molar-refractivity contribution in [3.63, 3.8) is 0 Å². The predicted octanol–water partition coefficient (Wildman–Crippen LogP) is 4.27. The maximum Gasteiger partial charge on any atom is 0.0724 e. The van der Waals surface area contributed by atoms with Crippen molar-refractivity contribution in [2.45, 2.75) is 0 Å². The summed E-state index contributed by atoms with van der Waals surface area (Å²) in [6.07, 6.45) is 12.7. The van der Waals surface area contributed by atoms with E-state index in [0.717, 1.165) is 33.5 Å². The van der Waals surface area contributed by atoms with Crippen LogP contribution in [0.1, 0.15) is 0 Å². The second-order valence-corrected chi connectivity index (χ2v) is 5.34. The molecule has 0 aliphatic heterocycles. The number of rotatable bonds is 3. The Bertz CT molecular complexity index is 939. The van der Waals surface area contributed by atoms with Crippen LogP contribution in [0.2, 0.25) is 0 Å². The van der Waals surface area contributed by atoms with Crippen LogP contribution in [0.25, 0.3) is 33.5 Å². The van der Waals surface area contributed by atoms with E-state index in [1.165, 1.54) is 0 Å². The van der Waals surface area contributed by atoms with Crippen molar-refractivity contribution < 1.29 is 0 Å². The molecule has 0 unspecified atom stereocenters. The first-order chi connectivity index (χ1) is 11.9. The highest BCUT2D eigenvalue weighted by molar-refractivity contribution is 5.84. The zero-order chi connectivity index (χ0) is 16.2. The van der Waals surface area contributed by atoms with Gasteiger partial charge < -0.3 is 0 Å². The van der Waals surface area contributed by atoms with Crippen molar-refractivity contribution in [3.8, 4) is 33.5 Å². The highest BCUT2D eigenvalue weighted by atomic mass is 14.7. The molecule has 0 radical (unpaired) electrons. The van der Waals surface area contributed by atoms with Crippen molar-refractivity contribution in [3.05, 3.63) is 85.8 Å². The third-order valence-corrected chi connectivity index (χ3v) is 3.81. The van der Waals surface area contributed by atoms with Gasteiger partial charge in [-0.25, -0.2) is 0 Å². The number of aromatic nitrogens is 4. The summed E-state index contributed by atoms with van der Waals surface area (Å²) in [7, 11) is 0. The number of pyridine rings is 4. The third-order valence-electron chi connectivity index (χ3n) is 3.81. The number of hydrogen-bond acceptors (Lipinski definition) is 4. The second kappa shape index (κ2) is 6.38.